The van der Waals surface area contributed by atoms with Crippen molar-refractivity contribution in [3.05, 3.63) is 71.6 Å². The van der Waals surface area contributed by atoms with Gasteiger partial charge in [0.05, 0.1) is 7.11 Å². The third-order valence-corrected chi connectivity index (χ3v) is 4.66. The maximum Gasteiger partial charge on any atom is 0.263 e. The molecule has 0 radical (unpaired) electrons. The van der Waals surface area contributed by atoms with E-state index in [9.17, 15) is 22.4 Å². The van der Waals surface area contributed by atoms with Crippen molar-refractivity contribution >= 4 is 40.0 Å². The Labute approximate surface area is 188 Å². The van der Waals surface area contributed by atoms with Gasteiger partial charge in [-0.1, -0.05) is 0 Å². The van der Waals surface area contributed by atoms with Gasteiger partial charge in [0.1, 0.15) is 11.1 Å². The number of benzene rings is 2. The van der Waals surface area contributed by atoms with Crippen LogP contribution < -0.4 is 15.4 Å². The fourth-order valence-corrected chi connectivity index (χ4v) is 3.15. The van der Waals surface area contributed by atoms with Gasteiger partial charge < -0.3 is 14.5 Å². The summed E-state index contributed by atoms with van der Waals surface area (Å²) < 4.78 is 65.9. The van der Waals surface area contributed by atoms with Gasteiger partial charge in [0.15, 0.2) is 28.1 Å². The second-order valence-corrected chi connectivity index (χ2v) is 6.92. The maximum absolute atomic E-state index is 14.1. The third-order valence-electron chi connectivity index (χ3n) is 4.45. The van der Waals surface area contributed by atoms with Crippen LogP contribution in [0.25, 0.3) is 22.6 Å². The van der Waals surface area contributed by atoms with Crippen LogP contribution in [0.3, 0.4) is 0 Å². The summed E-state index contributed by atoms with van der Waals surface area (Å²) in [7, 11) is 0.824. The average molecular weight is 476 g/mol. The van der Waals surface area contributed by atoms with E-state index in [4.69, 9.17) is 16.6 Å². The molecule has 4 aromatic rings. The van der Waals surface area contributed by atoms with Crippen LogP contribution in [0.4, 0.5) is 23.2 Å². The number of ether oxygens (including phenoxy) is 1. The topological polar surface area (TPSA) is 89.3 Å². The van der Waals surface area contributed by atoms with Crippen LogP contribution in [0.15, 0.2) is 47.1 Å². The maximum atomic E-state index is 14.1. The lowest BCUT2D eigenvalue weighted by Gasteiger charge is -2.12. The van der Waals surface area contributed by atoms with Crippen molar-refractivity contribution in [2.45, 2.75) is 0 Å². The van der Waals surface area contributed by atoms with Gasteiger partial charge in [0.25, 0.3) is 5.91 Å². The molecule has 2 heterocycles. The van der Waals surface area contributed by atoms with E-state index < -0.39 is 40.5 Å². The van der Waals surface area contributed by atoms with Gasteiger partial charge in [-0.05, 0) is 42.5 Å². The lowest BCUT2D eigenvalue weighted by molar-refractivity contribution is 0.0966. The number of carbonyl (C=O) groups excluding carboxylic acids is 1. The van der Waals surface area contributed by atoms with Gasteiger partial charge in [-0.25, -0.2) is 13.8 Å². The molecule has 0 spiro atoms. The summed E-state index contributed by atoms with van der Waals surface area (Å²) in [6.07, 6.45) is 3.18. The van der Waals surface area contributed by atoms with Crippen LogP contribution in [0, 0.1) is 23.3 Å². The molecule has 0 saturated carbocycles. The average Bonchev–Trinajstić information content (AvgIpc) is 3.22. The first-order valence-corrected chi connectivity index (χ1v) is 9.54. The number of carbonyl (C=O) groups is 1. The highest BCUT2D eigenvalue weighted by atomic mass is 32.1. The molecule has 1 amide bonds. The van der Waals surface area contributed by atoms with Gasteiger partial charge in [-0.3, -0.25) is 15.1 Å². The van der Waals surface area contributed by atoms with E-state index in [1.54, 1.807) is 42.7 Å². The molecule has 0 aliphatic heterocycles. The Kier molecular flexibility index (Phi) is 5.92. The summed E-state index contributed by atoms with van der Waals surface area (Å²) in [5.41, 5.74) is 0.508. The van der Waals surface area contributed by atoms with Crippen LogP contribution in [0.2, 0.25) is 0 Å². The molecule has 0 aliphatic carbocycles. The molecule has 2 aromatic heterocycles. The van der Waals surface area contributed by atoms with Crippen molar-refractivity contribution in [1.82, 2.24) is 15.3 Å². The first-order chi connectivity index (χ1) is 15.8. The Morgan fingerprint density at radius 3 is 2.33 bits per heavy atom. The van der Waals surface area contributed by atoms with Crippen molar-refractivity contribution in [1.29, 1.82) is 0 Å². The summed E-state index contributed by atoms with van der Waals surface area (Å²) in [6.45, 7) is 0. The van der Waals surface area contributed by atoms with E-state index in [1.165, 1.54) is 0 Å². The molecule has 0 fully saturated rings. The van der Waals surface area contributed by atoms with Crippen molar-refractivity contribution in [2.24, 2.45) is 0 Å². The number of amides is 1. The van der Waals surface area contributed by atoms with Gasteiger partial charge in [-0.15, -0.1) is 0 Å². The summed E-state index contributed by atoms with van der Waals surface area (Å²) in [5, 5.41) is 4.22. The fraction of sp³-hybridized carbons (Fsp3) is 0.0476. The normalized spacial score (nSPS) is 10.8. The zero-order valence-corrected chi connectivity index (χ0v) is 17.4. The van der Waals surface area contributed by atoms with Crippen LogP contribution in [-0.4, -0.2) is 28.1 Å². The largest absolute Gasteiger partial charge is 0.491 e. The standard InChI is InChI=1S/C21H12F4N4O3S/c1-31-18-16(24)14(22)13(15(23)17(18)25)19(30)29-21(33)27-10-2-3-12-11(8-10)28-20(32-12)9-4-6-26-7-5-9/h2-8H,1H3,(H2,27,29,30,33). The zero-order valence-electron chi connectivity index (χ0n) is 16.6. The molecule has 12 heteroatoms. The monoisotopic (exact) mass is 476 g/mol. The Bertz CT molecular complexity index is 1370. The summed E-state index contributed by atoms with van der Waals surface area (Å²) in [4.78, 5) is 20.5. The second kappa shape index (κ2) is 8.82. The first kappa shape index (κ1) is 22.1. The van der Waals surface area contributed by atoms with Gasteiger partial charge in [-0.2, -0.15) is 8.78 Å². The lowest BCUT2D eigenvalue weighted by Crippen LogP contribution is -2.35. The number of fused-ring (bicyclic) bond motifs is 1. The Hall–Kier alpha value is -4.06. The molecule has 7 nitrogen and oxygen atoms in total. The smallest absolute Gasteiger partial charge is 0.263 e. The zero-order chi connectivity index (χ0) is 23.7. The van der Waals surface area contributed by atoms with Crippen molar-refractivity contribution < 1.29 is 31.5 Å². The van der Waals surface area contributed by atoms with Crippen molar-refractivity contribution in [3.8, 4) is 17.2 Å². The van der Waals surface area contributed by atoms with Gasteiger partial charge >= 0.3 is 0 Å². The minimum Gasteiger partial charge on any atom is -0.491 e. The Morgan fingerprint density at radius 2 is 1.70 bits per heavy atom. The number of pyridine rings is 1. The third kappa shape index (κ3) is 4.20. The number of halogens is 4. The number of hydrogen-bond acceptors (Lipinski definition) is 6. The second-order valence-electron chi connectivity index (χ2n) is 6.51. The molecule has 0 aliphatic rings. The molecule has 2 N–H and O–H groups in total. The molecular formula is C21H12F4N4O3S. The predicted octanol–water partition coefficient (Wildman–Crippen LogP) is 4.58. The van der Waals surface area contributed by atoms with Crippen LogP contribution in [0.1, 0.15) is 10.4 Å². The first-order valence-electron chi connectivity index (χ1n) is 9.13. The van der Waals surface area contributed by atoms with E-state index >= 15 is 0 Å². The van der Waals surface area contributed by atoms with E-state index in [1.807, 2.05) is 5.32 Å². The lowest BCUT2D eigenvalue weighted by atomic mass is 10.1. The molecule has 0 bridgehead atoms. The molecule has 168 valence electrons. The summed E-state index contributed by atoms with van der Waals surface area (Å²) >= 11 is 4.97. The highest BCUT2D eigenvalue weighted by Crippen LogP contribution is 2.30. The van der Waals surface area contributed by atoms with E-state index in [0.29, 0.717) is 28.2 Å². The Balaban J connectivity index is 1.53. The number of hydrogen-bond donors (Lipinski definition) is 2. The van der Waals surface area contributed by atoms with E-state index in [-0.39, 0.29) is 5.11 Å². The number of nitrogens with zero attached hydrogens (tertiary/aromatic N) is 2. The number of thiocarbonyl (C=S) groups is 1. The molecule has 0 saturated heterocycles. The minimum atomic E-state index is -1.92. The number of nitrogens with one attached hydrogen (secondary N) is 2. The quantitative estimate of drug-likeness (QED) is 0.253. The Morgan fingerprint density at radius 1 is 1.03 bits per heavy atom. The molecule has 2 aromatic carbocycles. The minimum absolute atomic E-state index is 0.356. The van der Waals surface area contributed by atoms with E-state index in [2.05, 4.69) is 20.0 Å². The molecular weight excluding hydrogens is 464 g/mol. The van der Waals surface area contributed by atoms with Gasteiger partial charge in [0, 0.05) is 23.6 Å². The fourth-order valence-electron chi connectivity index (χ4n) is 2.94. The van der Waals surface area contributed by atoms with Crippen LogP contribution in [0.5, 0.6) is 5.75 Å². The van der Waals surface area contributed by atoms with Crippen molar-refractivity contribution in [2.75, 3.05) is 12.4 Å². The number of anilines is 1. The van der Waals surface area contributed by atoms with E-state index in [0.717, 1.165) is 7.11 Å². The number of methoxy groups -OCH3 is 1. The molecule has 4 rings (SSSR count). The van der Waals surface area contributed by atoms with Crippen molar-refractivity contribution in [3.63, 3.8) is 0 Å². The number of rotatable bonds is 4. The predicted molar refractivity (Wildman–Crippen MR) is 114 cm³/mol. The molecule has 0 unspecified atom stereocenters. The number of aromatic nitrogens is 2. The molecule has 33 heavy (non-hydrogen) atoms. The van der Waals surface area contributed by atoms with Crippen LogP contribution in [-0.2, 0) is 0 Å². The summed E-state index contributed by atoms with van der Waals surface area (Å²) in [5.74, 6) is -9.95. The highest BCUT2D eigenvalue weighted by molar-refractivity contribution is 7.80. The molecule has 0 atom stereocenters. The summed E-state index contributed by atoms with van der Waals surface area (Å²) in [6, 6.07) is 8.13. The SMILES string of the molecule is COc1c(F)c(F)c(C(=O)NC(=S)Nc2ccc3oc(-c4ccncc4)nc3c2)c(F)c1F. The van der Waals surface area contributed by atoms with Gasteiger partial charge in [0.2, 0.25) is 17.5 Å². The highest BCUT2D eigenvalue weighted by Gasteiger charge is 2.30. The van der Waals surface area contributed by atoms with Crippen LogP contribution >= 0.6 is 12.2 Å². The number of oxazole rings is 1.